The maximum absolute atomic E-state index is 12.2. The molecule has 0 saturated heterocycles. The Balaban J connectivity index is 1.79. The van der Waals surface area contributed by atoms with Crippen LogP contribution in [-0.2, 0) is 11.3 Å². The Labute approximate surface area is 133 Å². The number of carbonyl (C=O) groups excluding carboxylic acids is 1. The molecule has 0 aliphatic carbocycles. The summed E-state index contributed by atoms with van der Waals surface area (Å²) in [6.45, 7) is 2.23. The van der Waals surface area contributed by atoms with Gasteiger partial charge in [-0.3, -0.25) is 4.79 Å². The molecule has 0 fully saturated rings. The fourth-order valence-electron chi connectivity index (χ4n) is 2.44. The van der Waals surface area contributed by atoms with E-state index in [9.17, 15) is 9.90 Å². The van der Waals surface area contributed by atoms with Crippen LogP contribution in [0.15, 0.2) is 42.5 Å². The highest BCUT2D eigenvalue weighted by Crippen LogP contribution is 2.20. The van der Waals surface area contributed by atoms with E-state index in [2.05, 4.69) is 15.3 Å². The van der Waals surface area contributed by atoms with E-state index >= 15 is 0 Å². The van der Waals surface area contributed by atoms with E-state index < -0.39 is 12.0 Å². The number of rotatable bonds is 4. The molecule has 3 aromatic rings. The zero-order valence-corrected chi connectivity index (χ0v) is 12.7. The van der Waals surface area contributed by atoms with Gasteiger partial charge in [-0.2, -0.15) is 0 Å². The molecule has 0 radical (unpaired) electrons. The van der Waals surface area contributed by atoms with Gasteiger partial charge in [0.15, 0.2) is 6.10 Å². The number of amides is 1. The fraction of sp³-hybridized carbons (Fsp3) is 0.176. The van der Waals surface area contributed by atoms with Crippen molar-refractivity contribution in [1.82, 2.24) is 9.97 Å². The Morgan fingerprint density at radius 2 is 2.17 bits per heavy atom. The number of H-pyrrole nitrogens is 1. The minimum absolute atomic E-state index is 0.322. The van der Waals surface area contributed by atoms with Crippen LogP contribution in [0.5, 0.6) is 0 Å². The highest BCUT2D eigenvalue weighted by atomic mass is 16.3. The summed E-state index contributed by atoms with van der Waals surface area (Å²) in [5.41, 5.74) is 9.26. The number of imidazole rings is 1. The summed E-state index contributed by atoms with van der Waals surface area (Å²) in [6.07, 6.45) is -1.22. The van der Waals surface area contributed by atoms with Crippen molar-refractivity contribution in [2.45, 2.75) is 19.6 Å². The van der Waals surface area contributed by atoms with Crippen LogP contribution in [0.1, 0.15) is 23.1 Å². The molecule has 1 aromatic heterocycles. The van der Waals surface area contributed by atoms with E-state index in [4.69, 9.17) is 5.73 Å². The highest BCUT2D eigenvalue weighted by Gasteiger charge is 2.17. The number of nitrogens with one attached hydrogen (secondary N) is 2. The summed E-state index contributed by atoms with van der Waals surface area (Å²) in [4.78, 5) is 19.6. The summed E-state index contributed by atoms with van der Waals surface area (Å²) in [6, 6.07) is 12.5. The smallest absolute Gasteiger partial charge is 0.257 e. The Morgan fingerprint density at radius 3 is 2.91 bits per heavy atom. The lowest BCUT2D eigenvalue weighted by Gasteiger charge is -2.12. The van der Waals surface area contributed by atoms with Crippen LogP contribution in [-0.4, -0.2) is 21.0 Å². The monoisotopic (exact) mass is 310 g/mol. The zero-order chi connectivity index (χ0) is 16.4. The summed E-state index contributed by atoms with van der Waals surface area (Å²) in [5, 5.41) is 12.9. The zero-order valence-electron chi connectivity index (χ0n) is 12.7. The molecule has 1 heterocycles. The third-order valence-electron chi connectivity index (χ3n) is 3.60. The predicted octanol–water partition coefficient (Wildman–Crippen LogP) is 2.00. The second kappa shape index (κ2) is 6.20. The number of carbonyl (C=O) groups is 1. The number of fused-ring (bicyclic) bond motifs is 1. The standard InChI is InChI=1S/C17H18N4O2/c1-10-3-2-4-11(7-10)16(22)17(23)19-12-5-6-13-14(8-12)21-15(9-18)20-13/h2-8,16,22H,9,18H2,1H3,(H,19,23)(H,20,21). The van der Waals surface area contributed by atoms with Crippen LogP contribution in [0, 0.1) is 6.92 Å². The number of hydrogen-bond acceptors (Lipinski definition) is 4. The first-order valence-corrected chi connectivity index (χ1v) is 7.31. The number of aryl methyl sites for hydroxylation is 1. The molecule has 0 bridgehead atoms. The van der Waals surface area contributed by atoms with Crippen molar-refractivity contribution < 1.29 is 9.90 Å². The highest BCUT2D eigenvalue weighted by molar-refractivity contribution is 5.96. The SMILES string of the molecule is Cc1cccc(C(O)C(=O)Nc2ccc3nc(CN)[nH]c3c2)c1. The van der Waals surface area contributed by atoms with Crippen LogP contribution >= 0.6 is 0 Å². The average Bonchev–Trinajstić information content (AvgIpc) is 2.96. The van der Waals surface area contributed by atoms with Gasteiger partial charge in [-0.1, -0.05) is 29.8 Å². The van der Waals surface area contributed by atoms with Crippen LogP contribution in [0.3, 0.4) is 0 Å². The van der Waals surface area contributed by atoms with Crippen molar-refractivity contribution in [2.24, 2.45) is 5.73 Å². The number of aromatic nitrogens is 2. The number of benzene rings is 2. The van der Waals surface area contributed by atoms with Crippen molar-refractivity contribution in [2.75, 3.05) is 5.32 Å². The van der Waals surface area contributed by atoms with Gasteiger partial charge in [0, 0.05) is 5.69 Å². The molecular formula is C17H18N4O2. The minimum Gasteiger partial charge on any atom is -0.378 e. The van der Waals surface area contributed by atoms with E-state index in [1.54, 1.807) is 30.3 Å². The molecule has 0 aliphatic heterocycles. The first kappa shape index (κ1) is 15.2. The van der Waals surface area contributed by atoms with Gasteiger partial charge in [-0.15, -0.1) is 0 Å². The molecule has 118 valence electrons. The van der Waals surface area contributed by atoms with Gasteiger partial charge in [-0.05, 0) is 30.7 Å². The van der Waals surface area contributed by atoms with Gasteiger partial charge >= 0.3 is 0 Å². The number of aliphatic hydroxyl groups excluding tert-OH is 1. The molecule has 5 N–H and O–H groups in total. The first-order valence-electron chi connectivity index (χ1n) is 7.31. The fourth-order valence-corrected chi connectivity index (χ4v) is 2.44. The van der Waals surface area contributed by atoms with E-state index in [-0.39, 0.29) is 0 Å². The number of anilines is 1. The van der Waals surface area contributed by atoms with E-state index in [0.717, 1.165) is 16.6 Å². The van der Waals surface area contributed by atoms with E-state index in [1.807, 2.05) is 19.1 Å². The summed E-state index contributed by atoms with van der Waals surface area (Å²) in [7, 11) is 0. The van der Waals surface area contributed by atoms with Gasteiger partial charge in [0.2, 0.25) is 0 Å². The van der Waals surface area contributed by atoms with Crippen molar-refractivity contribution >= 4 is 22.6 Å². The number of aliphatic hydroxyl groups is 1. The Bertz CT molecular complexity index is 857. The molecule has 3 rings (SSSR count). The third kappa shape index (κ3) is 3.23. The lowest BCUT2D eigenvalue weighted by Crippen LogP contribution is -2.20. The lowest BCUT2D eigenvalue weighted by molar-refractivity contribution is -0.124. The average molecular weight is 310 g/mol. The Morgan fingerprint density at radius 1 is 1.35 bits per heavy atom. The predicted molar refractivity (Wildman–Crippen MR) is 88.8 cm³/mol. The summed E-state index contributed by atoms with van der Waals surface area (Å²) >= 11 is 0. The van der Waals surface area contributed by atoms with Crippen LogP contribution in [0.2, 0.25) is 0 Å². The second-order valence-corrected chi connectivity index (χ2v) is 5.43. The third-order valence-corrected chi connectivity index (χ3v) is 3.60. The van der Waals surface area contributed by atoms with Crippen LogP contribution in [0.25, 0.3) is 11.0 Å². The van der Waals surface area contributed by atoms with Gasteiger partial charge in [-0.25, -0.2) is 4.98 Å². The van der Waals surface area contributed by atoms with Gasteiger partial charge in [0.25, 0.3) is 5.91 Å². The molecule has 23 heavy (non-hydrogen) atoms. The van der Waals surface area contributed by atoms with Crippen LogP contribution in [0.4, 0.5) is 5.69 Å². The topological polar surface area (TPSA) is 104 Å². The number of nitrogens with zero attached hydrogens (tertiary/aromatic N) is 1. The van der Waals surface area contributed by atoms with Crippen molar-refractivity contribution in [1.29, 1.82) is 0 Å². The molecule has 1 atom stereocenters. The molecule has 1 unspecified atom stereocenters. The molecule has 6 heteroatoms. The Hall–Kier alpha value is -2.70. The maximum atomic E-state index is 12.2. The van der Waals surface area contributed by atoms with Crippen molar-refractivity contribution in [3.63, 3.8) is 0 Å². The molecule has 2 aromatic carbocycles. The van der Waals surface area contributed by atoms with Gasteiger partial charge in [0.1, 0.15) is 5.82 Å². The normalized spacial score (nSPS) is 12.3. The van der Waals surface area contributed by atoms with Crippen LogP contribution < -0.4 is 11.1 Å². The molecule has 0 aliphatic rings. The second-order valence-electron chi connectivity index (χ2n) is 5.43. The van der Waals surface area contributed by atoms with E-state index in [0.29, 0.717) is 23.6 Å². The summed E-state index contributed by atoms with van der Waals surface area (Å²) in [5.74, 6) is 0.205. The first-order chi connectivity index (χ1) is 11.1. The molecular weight excluding hydrogens is 292 g/mol. The maximum Gasteiger partial charge on any atom is 0.257 e. The molecule has 0 saturated carbocycles. The lowest BCUT2D eigenvalue weighted by atomic mass is 10.1. The van der Waals surface area contributed by atoms with Crippen molar-refractivity contribution in [3.8, 4) is 0 Å². The molecule has 1 amide bonds. The quantitative estimate of drug-likeness (QED) is 0.591. The van der Waals surface area contributed by atoms with Gasteiger partial charge < -0.3 is 21.1 Å². The molecule has 0 spiro atoms. The largest absolute Gasteiger partial charge is 0.378 e. The summed E-state index contributed by atoms with van der Waals surface area (Å²) < 4.78 is 0. The number of hydrogen-bond donors (Lipinski definition) is 4. The Kier molecular flexibility index (Phi) is 4.10. The van der Waals surface area contributed by atoms with E-state index in [1.165, 1.54) is 0 Å². The minimum atomic E-state index is -1.22. The van der Waals surface area contributed by atoms with Gasteiger partial charge in [0.05, 0.1) is 17.6 Å². The number of nitrogens with two attached hydrogens (primary N) is 1. The molecule has 6 nitrogen and oxygen atoms in total. The van der Waals surface area contributed by atoms with Crippen molar-refractivity contribution in [3.05, 3.63) is 59.4 Å². The number of aromatic amines is 1.